The lowest BCUT2D eigenvalue weighted by Crippen LogP contribution is -2.45. The molecule has 0 radical (unpaired) electrons. The van der Waals surface area contributed by atoms with Crippen molar-refractivity contribution < 1.29 is 19.4 Å². The molecular weight excluding hydrogens is 270 g/mol. The molecule has 2 saturated heterocycles. The van der Waals surface area contributed by atoms with Gasteiger partial charge in [-0.1, -0.05) is 24.3 Å². The normalized spacial score (nSPS) is 36.3. The summed E-state index contributed by atoms with van der Waals surface area (Å²) < 4.78 is 5.82. The van der Waals surface area contributed by atoms with E-state index in [0.29, 0.717) is 6.54 Å². The van der Waals surface area contributed by atoms with Gasteiger partial charge in [0.2, 0.25) is 5.91 Å². The molecule has 21 heavy (non-hydrogen) atoms. The van der Waals surface area contributed by atoms with E-state index >= 15 is 0 Å². The Bertz CT molecular complexity index is 683. The second-order valence-corrected chi connectivity index (χ2v) is 5.98. The fourth-order valence-electron chi connectivity index (χ4n) is 3.78. The molecule has 2 fully saturated rings. The van der Waals surface area contributed by atoms with E-state index in [0.717, 1.165) is 11.3 Å². The van der Waals surface area contributed by atoms with Crippen molar-refractivity contribution in [3.05, 3.63) is 42.0 Å². The number of carboxylic acids is 1. The van der Waals surface area contributed by atoms with Crippen LogP contribution in [-0.4, -0.2) is 30.1 Å². The van der Waals surface area contributed by atoms with Crippen LogP contribution in [0.3, 0.4) is 0 Å². The zero-order valence-corrected chi connectivity index (χ0v) is 11.5. The van der Waals surface area contributed by atoms with Crippen molar-refractivity contribution in [2.24, 2.45) is 11.8 Å². The molecule has 3 aliphatic heterocycles. The SMILES string of the molecule is Cc1cccc(N2C[C@]34C=C[C@H](O3)[C@@H](C(=O)[O-])[C@@H]4C2=O)c1. The van der Waals surface area contributed by atoms with Crippen molar-refractivity contribution in [3.63, 3.8) is 0 Å². The molecule has 4 rings (SSSR count). The summed E-state index contributed by atoms with van der Waals surface area (Å²) in [4.78, 5) is 25.7. The molecule has 2 bridgehead atoms. The molecule has 4 atom stereocenters. The summed E-state index contributed by atoms with van der Waals surface area (Å²) in [7, 11) is 0. The van der Waals surface area contributed by atoms with Crippen LogP contribution in [0, 0.1) is 18.8 Å². The van der Waals surface area contributed by atoms with Gasteiger partial charge in [-0.3, -0.25) is 4.79 Å². The van der Waals surface area contributed by atoms with Crippen LogP contribution >= 0.6 is 0 Å². The van der Waals surface area contributed by atoms with E-state index in [-0.39, 0.29) is 5.91 Å². The largest absolute Gasteiger partial charge is 0.550 e. The number of nitrogens with zero attached hydrogens (tertiary/aromatic N) is 1. The molecule has 5 nitrogen and oxygen atoms in total. The molecule has 1 aromatic carbocycles. The number of aryl methyl sites for hydroxylation is 1. The standard InChI is InChI=1S/C16H15NO4/c1-9-3-2-4-10(7-9)17-8-16-6-5-11(21-16)12(15(19)20)13(16)14(17)18/h2-7,11-13H,8H2,1H3,(H,19,20)/p-1/t11-,12+,13+,16-/m0/s1. The minimum atomic E-state index is -1.21. The number of hydrogen-bond donors (Lipinski definition) is 0. The predicted molar refractivity (Wildman–Crippen MR) is 72.3 cm³/mol. The number of aliphatic carboxylic acids is 1. The molecule has 1 spiro atoms. The molecule has 0 unspecified atom stereocenters. The van der Waals surface area contributed by atoms with E-state index in [4.69, 9.17) is 4.74 Å². The highest BCUT2D eigenvalue weighted by atomic mass is 16.5. The molecule has 0 saturated carbocycles. The van der Waals surface area contributed by atoms with Crippen LogP contribution in [0.4, 0.5) is 5.69 Å². The molecule has 0 aromatic heterocycles. The molecular formula is C16H14NO4-. The number of carboxylic acid groups (broad SMARTS) is 1. The number of anilines is 1. The van der Waals surface area contributed by atoms with Crippen molar-refractivity contribution in [1.29, 1.82) is 0 Å². The summed E-state index contributed by atoms with van der Waals surface area (Å²) in [5.74, 6) is -2.98. The van der Waals surface area contributed by atoms with E-state index in [1.54, 1.807) is 11.0 Å². The fourth-order valence-corrected chi connectivity index (χ4v) is 3.78. The van der Waals surface area contributed by atoms with Crippen LogP contribution < -0.4 is 10.0 Å². The van der Waals surface area contributed by atoms with E-state index in [1.807, 2.05) is 37.3 Å². The number of fused-ring (bicyclic) bond motifs is 1. The van der Waals surface area contributed by atoms with Crippen LogP contribution in [-0.2, 0) is 14.3 Å². The number of benzene rings is 1. The van der Waals surface area contributed by atoms with Gasteiger partial charge in [-0.15, -0.1) is 0 Å². The van der Waals surface area contributed by atoms with Crippen molar-refractivity contribution in [1.82, 2.24) is 0 Å². The van der Waals surface area contributed by atoms with Gasteiger partial charge < -0.3 is 19.5 Å². The summed E-state index contributed by atoms with van der Waals surface area (Å²) in [5.41, 5.74) is 1.02. The molecule has 5 heteroatoms. The third-order valence-electron chi connectivity index (χ3n) is 4.69. The lowest BCUT2D eigenvalue weighted by atomic mass is 9.77. The minimum absolute atomic E-state index is 0.193. The van der Waals surface area contributed by atoms with Crippen LogP contribution in [0.2, 0.25) is 0 Å². The Kier molecular flexibility index (Phi) is 2.37. The first-order chi connectivity index (χ1) is 10.0. The maximum atomic E-state index is 12.7. The molecule has 1 aromatic rings. The predicted octanol–water partition coefficient (Wildman–Crippen LogP) is 0.0313. The first-order valence-electron chi connectivity index (χ1n) is 6.98. The van der Waals surface area contributed by atoms with Gasteiger partial charge in [0.1, 0.15) is 5.60 Å². The maximum absolute atomic E-state index is 12.7. The van der Waals surface area contributed by atoms with Gasteiger partial charge >= 0.3 is 0 Å². The van der Waals surface area contributed by atoms with Gasteiger partial charge in [0, 0.05) is 17.6 Å². The maximum Gasteiger partial charge on any atom is 0.234 e. The summed E-state index contributed by atoms with van der Waals surface area (Å²) in [6, 6.07) is 7.61. The van der Waals surface area contributed by atoms with Crippen molar-refractivity contribution in [3.8, 4) is 0 Å². The van der Waals surface area contributed by atoms with Gasteiger partial charge in [0.25, 0.3) is 0 Å². The number of rotatable bonds is 2. The van der Waals surface area contributed by atoms with E-state index in [2.05, 4.69) is 0 Å². The minimum Gasteiger partial charge on any atom is -0.550 e. The van der Waals surface area contributed by atoms with Gasteiger partial charge in [0.15, 0.2) is 0 Å². The molecule has 1 amide bonds. The Balaban J connectivity index is 1.75. The lowest BCUT2D eigenvalue weighted by Gasteiger charge is -2.24. The summed E-state index contributed by atoms with van der Waals surface area (Å²) in [6.45, 7) is 2.31. The van der Waals surface area contributed by atoms with Gasteiger partial charge in [-0.25, -0.2) is 0 Å². The average molecular weight is 284 g/mol. The Morgan fingerprint density at radius 1 is 1.48 bits per heavy atom. The fraction of sp³-hybridized carbons (Fsp3) is 0.375. The Labute approximate surface area is 121 Å². The highest BCUT2D eigenvalue weighted by Crippen LogP contribution is 2.52. The second-order valence-electron chi connectivity index (χ2n) is 5.98. The van der Waals surface area contributed by atoms with E-state index in [9.17, 15) is 14.7 Å². The van der Waals surface area contributed by atoms with Crippen LogP contribution in [0.5, 0.6) is 0 Å². The monoisotopic (exact) mass is 284 g/mol. The first kappa shape index (κ1) is 12.6. The number of carbonyl (C=O) groups excluding carboxylic acids is 2. The first-order valence-corrected chi connectivity index (χ1v) is 6.98. The van der Waals surface area contributed by atoms with E-state index < -0.39 is 29.5 Å². The third kappa shape index (κ3) is 1.55. The van der Waals surface area contributed by atoms with Crippen LogP contribution in [0.25, 0.3) is 0 Å². The number of hydrogen-bond acceptors (Lipinski definition) is 4. The topological polar surface area (TPSA) is 69.7 Å². The van der Waals surface area contributed by atoms with Crippen molar-refractivity contribution >= 4 is 17.6 Å². The van der Waals surface area contributed by atoms with Crippen molar-refractivity contribution in [2.45, 2.75) is 18.6 Å². The quantitative estimate of drug-likeness (QED) is 0.719. The molecule has 3 aliphatic rings. The number of amides is 1. The Morgan fingerprint density at radius 3 is 3.00 bits per heavy atom. The summed E-state index contributed by atoms with van der Waals surface area (Å²) >= 11 is 0. The summed E-state index contributed by atoms with van der Waals surface area (Å²) in [6.07, 6.45) is 3.04. The van der Waals surface area contributed by atoms with Gasteiger partial charge in [0.05, 0.1) is 18.6 Å². The zero-order chi connectivity index (χ0) is 14.8. The number of carbonyl (C=O) groups is 2. The van der Waals surface area contributed by atoms with Crippen LogP contribution in [0.15, 0.2) is 36.4 Å². The second kappa shape index (κ2) is 3.95. The summed E-state index contributed by atoms with van der Waals surface area (Å²) in [5, 5.41) is 11.4. The Hall–Kier alpha value is -2.14. The van der Waals surface area contributed by atoms with Gasteiger partial charge in [-0.2, -0.15) is 0 Å². The molecule has 108 valence electrons. The smallest absolute Gasteiger partial charge is 0.234 e. The van der Waals surface area contributed by atoms with Gasteiger partial charge in [-0.05, 0) is 24.6 Å². The lowest BCUT2D eigenvalue weighted by molar-refractivity contribution is -0.313. The highest BCUT2D eigenvalue weighted by molar-refractivity contribution is 6.02. The highest BCUT2D eigenvalue weighted by Gasteiger charge is 2.65. The third-order valence-corrected chi connectivity index (χ3v) is 4.69. The average Bonchev–Trinajstić information content (AvgIpc) is 3.07. The molecule has 0 N–H and O–H groups in total. The zero-order valence-electron chi connectivity index (χ0n) is 11.5. The molecule has 0 aliphatic carbocycles. The molecule has 3 heterocycles. The Morgan fingerprint density at radius 2 is 2.29 bits per heavy atom. The van der Waals surface area contributed by atoms with E-state index in [1.165, 1.54) is 0 Å². The van der Waals surface area contributed by atoms with Crippen LogP contribution in [0.1, 0.15) is 5.56 Å². The van der Waals surface area contributed by atoms with Crippen molar-refractivity contribution in [2.75, 3.05) is 11.4 Å². The number of ether oxygens (including phenoxy) is 1.